The lowest BCUT2D eigenvalue weighted by Gasteiger charge is -1.67. The van der Waals surface area contributed by atoms with Crippen molar-refractivity contribution in [1.29, 1.82) is 0 Å². The molecule has 0 aliphatic carbocycles. The maximum absolute atomic E-state index is 9.25. The van der Waals surface area contributed by atoms with Gasteiger partial charge in [0.25, 0.3) is 0 Å². The van der Waals surface area contributed by atoms with E-state index in [0.717, 1.165) is 6.54 Å². The van der Waals surface area contributed by atoms with Crippen LogP contribution in [0.2, 0.25) is 0 Å². The zero-order chi connectivity index (χ0) is 4.28. The second kappa shape index (κ2) is 1.72. The van der Waals surface area contributed by atoms with E-state index in [4.69, 9.17) is 5.11 Å². The van der Waals surface area contributed by atoms with Crippen LogP contribution in [0.25, 0.3) is 0 Å². The van der Waals surface area contributed by atoms with Crippen molar-refractivity contribution in [3.8, 4) is 0 Å². The minimum Gasteiger partial charge on any atom is -0.477 e. The number of quaternary nitrogens is 1. The van der Waals surface area contributed by atoms with E-state index in [-0.39, 0.29) is 0 Å². The van der Waals surface area contributed by atoms with Crippen molar-refractivity contribution in [3.63, 3.8) is 0 Å². The van der Waals surface area contributed by atoms with Gasteiger partial charge in [-0.05, 0) is 0 Å². The molecule has 29 valence electrons. The summed E-state index contributed by atoms with van der Waals surface area (Å²) in [5.41, 5.74) is 2.96. The molecule has 0 rings (SSSR count). The number of hydrogen-bond donors (Lipinski definition) is 2. The first-order valence-electron chi connectivity index (χ1n) is 1.12. The standard InChI is InChI=1S/C2H5NO2/c3-1-2(4)5/h1H,3H3,(H,4,5)/q+1. The molecule has 1 radical (unpaired) electrons. The summed E-state index contributed by atoms with van der Waals surface area (Å²) in [5, 5.41) is 7.60. The molecule has 4 N–H and O–H groups in total. The predicted molar refractivity (Wildman–Crippen MR) is 14.8 cm³/mol. The zero-order valence-electron chi connectivity index (χ0n) is 2.64. The van der Waals surface area contributed by atoms with Crippen molar-refractivity contribution < 1.29 is 15.6 Å². The lowest BCUT2D eigenvalue weighted by atomic mass is 10.7. The number of carboxylic acid groups (broad SMARTS) is 1. The summed E-state index contributed by atoms with van der Waals surface area (Å²) in [4.78, 5) is 9.25. The fraction of sp³-hybridized carbons (Fsp3) is 0. The van der Waals surface area contributed by atoms with Crippen LogP contribution in [0.3, 0.4) is 0 Å². The molecule has 3 heteroatoms. The normalized spacial score (nSPS) is 7.40. The highest BCUT2D eigenvalue weighted by atomic mass is 16.4. The Labute approximate surface area is 29.4 Å². The number of carbonyl (C=O) groups is 1. The molecule has 0 aliphatic heterocycles. The summed E-state index contributed by atoms with van der Waals surface area (Å²) in [6, 6.07) is 0. The van der Waals surface area contributed by atoms with Crippen molar-refractivity contribution in [2.24, 2.45) is 0 Å². The van der Waals surface area contributed by atoms with Gasteiger partial charge in [0.2, 0.25) is 6.54 Å². The molecule has 0 saturated heterocycles. The van der Waals surface area contributed by atoms with Gasteiger partial charge >= 0.3 is 5.97 Å². The van der Waals surface area contributed by atoms with Crippen LogP contribution in [-0.4, -0.2) is 11.1 Å². The van der Waals surface area contributed by atoms with Crippen LogP contribution in [0, 0.1) is 6.54 Å². The third kappa shape index (κ3) is 3.43. The number of carboxylic acids is 1. The lowest BCUT2D eigenvalue weighted by molar-refractivity contribution is -0.312. The molecule has 0 fully saturated rings. The van der Waals surface area contributed by atoms with E-state index in [1.54, 1.807) is 0 Å². The third-order valence-electron chi connectivity index (χ3n) is 0.175. The van der Waals surface area contributed by atoms with E-state index in [1.165, 1.54) is 0 Å². The van der Waals surface area contributed by atoms with Crippen molar-refractivity contribution >= 4 is 5.97 Å². The van der Waals surface area contributed by atoms with Gasteiger partial charge < -0.3 is 10.8 Å². The maximum Gasteiger partial charge on any atom is 0.369 e. The molecule has 0 atom stereocenters. The highest BCUT2D eigenvalue weighted by Crippen LogP contribution is 1.49. The SMILES string of the molecule is [NH3+][CH]C(=O)O. The van der Waals surface area contributed by atoms with Crippen molar-refractivity contribution in [3.05, 3.63) is 6.54 Å². The zero-order valence-corrected chi connectivity index (χ0v) is 2.64. The van der Waals surface area contributed by atoms with Crippen LogP contribution in [0.1, 0.15) is 0 Å². The van der Waals surface area contributed by atoms with Crippen molar-refractivity contribution in [2.45, 2.75) is 0 Å². The fourth-order valence-corrected chi connectivity index (χ4v) is 0. The molecule has 0 aliphatic rings. The monoisotopic (exact) mass is 75.0 g/mol. The van der Waals surface area contributed by atoms with Crippen molar-refractivity contribution in [1.82, 2.24) is 0 Å². The predicted octanol–water partition coefficient (Wildman–Crippen LogP) is -1.53. The van der Waals surface area contributed by atoms with Gasteiger partial charge in [0, 0.05) is 0 Å². The Morgan fingerprint density at radius 3 is 2.20 bits per heavy atom. The average Bonchev–Trinajstić information content (AvgIpc) is 1.38. The molecule has 0 aromatic rings. The summed E-state index contributed by atoms with van der Waals surface area (Å²) >= 11 is 0. The van der Waals surface area contributed by atoms with Gasteiger partial charge in [-0.3, -0.25) is 0 Å². The Morgan fingerprint density at radius 2 is 2.20 bits per heavy atom. The van der Waals surface area contributed by atoms with Gasteiger partial charge in [0.05, 0.1) is 0 Å². The van der Waals surface area contributed by atoms with Gasteiger partial charge in [-0.25, -0.2) is 4.79 Å². The van der Waals surface area contributed by atoms with Gasteiger partial charge in [-0.15, -0.1) is 0 Å². The molecule has 0 spiro atoms. The molecule has 0 bridgehead atoms. The van der Waals surface area contributed by atoms with Crippen LogP contribution in [0.15, 0.2) is 0 Å². The largest absolute Gasteiger partial charge is 0.477 e. The molecule has 0 aromatic carbocycles. The van der Waals surface area contributed by atoms with Crippen LogP contribution >= 0.6 is 0 Å². The van der Waals surface area contributed by atoms with E-state index in [2.05, 4.69) is 5.73 Å². The molecule has 3 nitrogen and oxygen atoms in total. The Balaban J connectivity index is 2.85. The van der Waals surface area contributed by atoms with E-state index in [9.17, 15) is 4.79 Å². The third-order valence-corrected chi connectivity index (χ3v) is 0.175. The lowest BCUT2D eigenvalue weighted by Crippen LogP contribution is -2.48. The van der Waals surface area contributed by atoms with Crippen LogP contribution in [0.4, 0.5) is 0 Å². The summed E-state index contributed by atoms with van der Waals surface area (Å²) in [7, 11) is 0. The smallest absolute Gasteiger partial charge is 0.369 e. The average molecular weight is 75.1 g/mol. The highest BCUT2D eigenvalue weighted by molar-refractivity contribution is 5.73. The van der Waals surface area contributed by atoms with Gasteiger partial charge in [0.15, 0.2) is 0 Å². The number of hydrogen-bond acceptors (Lipinski definition) is 1. The second-order valence-corrected chi connectivity index (χ2v) is 0.542. The van der Waals surface area contributed by atoms with Gasteiger partial charge in [-0.1, -0.05) is 0 Å². The summed E-state index contributed by atoms with van der Waals surface area (Å²) in [6.45, 7) is 0.833. The quantitative estimate of drug-likeness (QED) is 0.397. The van der Waals surface area contributed by atoms with Gasteiger partial charge in [0.1, 0.15) is 0 Å². The summed E-state index contributed by atoms with van der Waals surface area (Å²) < 4.78 is 0. The van der Waals surface area contributed by atoms with Crippen molar-refractivity contribution in [2.75, 3.05) is 0 Å². The Bertz CT molecular complexity index is 42.9. The summed E-state index contributed by atoms with van der Waals surface area (Å²) in [6.07, 6.45) is 0. The Hall–Kier alpha value is -0.570. The number of rotatable bonds is 1. The first kappa shape index (κ1) is 4.43. The first-order valence-corrected chi connectivity index (χ1v) is 1.12. The second-order valence-electron chi connectivity index (χ2n) is 0.542. The molecule has 5 heavy (non-hydrogen) atoms. The Kier molecular flexibility index (Phi) is 1.53. The molecule has 0 aromatic heterocycles. The van der Waals surface area contributed by atoms with Crippen LogP contribution < -0.4 is 5.73 Å². The highest BCUT2D eigenvalue weighted by Gasteiger charge is 1.88. The molecular formula is C2H5NO2+. The Morgan fingerprint density at radius 1 is 2.00 bits per heavy atom. The minimum atomic E-state index is -0.981. The number of aliphatic carboxylic acids is 1. The van der Waals surface area contributed by atoms with E-state index in [1.807, 2.05) is 0 Å². The topological polar surface area (TPSA) is 64.9 Å². The van der Waals surface area contributed by atoms with Gasteiger partial charge in [-0.2, -0.15) is 0 Å². The fourth-order valence-electron chi connectivity index (χ4n) is 0. The molecular weight excluding hydrogens is 70.0 g/mol. The minimum absolute atomic E-state index is 0.833. The molecule has 0 amide bonds. The van der Waals surface area contributed by atoms with E-state index in [0.29, 0.717) is 0 Å². The van der Waals surface area contributed by atoms with E-state index >= 15 is 0 Å². The molecule has 0 saturated carbocycles. The first-order chi connectivity index (χ1) is 2.27. The van der Waals surface area contributed by atoms with Crippen LogP contribution in [0.5, 0.6) is 0 Å². The van der Waals surface area contributed by atoms with Crippen LogP contribution in [-0.2, 0) is 4.79 Å². The molecule has 0 heterocycles. The summed E-state index contributed by atoms with van der Waals surface area (Å²) in [5.74, 6) is -0.981. The van der Waals surface area contributed by atoms with E-state index < -0.39 is 5.97 Å². The molecule has 0 unspecified atom stereocenters. The maximum atomic E-state index is 9.25.